The highest BCUT2D eigenvalue weighted by Crippen LogP contribution is 2.53. The van der Waals surface area contributed by atoms with Crippen molar-refractivity contribution in [1.82, 2.24) is 0 Å². The fraction of sp³-hybridized carbons (Fsp3) is 0.396. The van der Waals surface area contributed by atoms with Gasteiger partial charge < -0.3 is 19.7 Å². The lowest BCUT2D eigenvalue weighted by Gasteiger charge is -2.34. The van der Waals surface area contributed by atoms with Crippen molar-refractivity contribution in [2.75, 3.05) is 0 Å². The van der Waals surface area contributed by atoms with E-state index in [0.717, 1.165) is 91.2 Å². The molecule has 61 heavy (non-hydrogen) atoms. The quantitative estimate of drug-likeness (QED) is 0.106. The Morgan fingerprint density at radius 2 is 0.836 bits per heavy atom. The van der Waals surface area contributed by atoms with Gasteiger partial charge in [0.25, 0.3) is 0 Å². The van der Waals surface area contributed by atoms with Crippen molar-refractivity contribution < 1.29 is 38.9 Å². The molecule has 0 amide bonds. The van der Waals surface area contributed by atoms with E-state index in [9.17, 15) is 34.5 Å². The molecule has 0 atom stereocenters. The fourth-order valence-corrected chi connectivity index (χ4v) is 10.9. The van der Waals surface area contributed by atoms with E-state index in [-0.39, 0.29) is 28.9 Å². The van der Waals surface area contributed by atoms with Crippen LogP contribution in [0.3, 0.4) is 0 Å². The van der Waals surface area contributed by atoms with Crippen molar-refractivity contribution in [2.45, 2.75) is 131 Å². The maximum absolute atomic E-state index is 14.3. The Morgan fingerprint density at radius 3 is 1.25 bits per heavy atom. The van der Waals surface area contributed by atoms with Gasteiger partial charge in [0.1, 0.15) is 16.8 Å². The second-order valence-electron chi connectivity index (χ2n) is 18.4. The van der Waals surface area contributed by atoms with Gasteiger partial charge in [-0.25, -0.2) is 0 Å². The van der Waals surface area contributed by atoms with Gasteiger partial charge in [-0.3, -0.25) is 19.2 Å². The SMILES string of the molecule is O=C(c1ccc2c(c1)C(Cc1ccc(C(=O)C3(O)CCCCC3)cc1)(Cc1ccc(C(=O)C3(O)CCCCC3)cc1)c1cc(C(=O)C3(O)CCCCC3)ccc1-2)c1ccco1. The van der Waals surface area contributed by atoms with Crippen LogP contribution in [0.1, 0.15) is 166 Å². The van der Waals surface area contributed by atoms with E-state index in [4.69, 9.17) is 4.42 Å². The maximum atomic E-state index is 14.3. The lowest BCUT2D eigenvalue weighted by Crippen LogP contribution is -2.40. The molecule has 8 nitrogen and oxygen atoms in total. The number of hydrogen-bond donors (Lipinski definition) is 3. The second-order valence-corrected chi connectivity index (χ2v) is 18.4. The molecule has 314 valence electrons. The van der Waals surface area contributed by atoms with E-state index in [2.05, 4.69) is 0 Å². The summed E-state index contributed by atoms with van der Waals surface area (Å²) in [5.74, 6) is -0.861. The summed E-state index contributed by atoms with van der Waals surface area (Å²) in [6.07, 6.45) is 12.7. The molecule has 0 saturated heterocycles. The molecule has 4 aliphatic carbocycles. The van der Waals surface area contributed by atoms with Gasteiger partial charge in [0.05, 0.1) is 6.26 Å². The van der Waals surface area contributed by atoms with Gasteiger partial charge in [0.15, 0.2) is 23.1 Å². The Kier molecular flexibility index (Phi) is 10.9. The highest BCUT2D eigenvalue weighted by molar-refractivity contribution is 6.08. The van der Waals surface area contributed by atoms with Crippen LogP contribution < -0.4 is 0 Å². The summed E-state index contributed by atoms with van der Waals surface area (Å²) in [4.78, 5) is 55.6. The summed E-state index contributed by atoms with van der Waals surface area (Å²) in [6, 6.07) is 29.6. The first-order chi connectivity index (χ1) is 29.4. The third kappa shape index (κ3) is 7.57. The lowest BCUT2D eigenvalue weighted by molar-refractivity contribution is 0.0116. The molecule has 0 unspecified atom stereocenters. The summed E-state index contributed by atoms with van der Waals surface area (Å²) in [5.41, 5.74) is 2.12. The molecule has 0 aliphatic heterocycles. The van der Waals surface area contributed by atoms with Crippen molar-refractivity contribution in [1.29, 1.82) is 0 Å². The number of rotatable bonds is 12. The summed E-state index contributed by atoms with van der Waals surface area (Å²) in [7, 11) is 0. The normalized spacial score (nSPS) is 19.7. The Labute approximate surface area is 357 Å². The van der Waals surface area contributed by atoms with Crippen LogP contribution in [-0.2, 0) is 18.3 Å². The number of ketones is 4. The van der Waals surface area contributed by atoms with Crippen LogP contribution in [0.15, 0.2) is 108 Å². The molecule has 5 aromatic rings. The van der Waals surface area contributed by atoms with Crippen LogP contribution in [0.2, 0.25) is 0 Å². The molecule has 8 heteroatoms. The van der Waals surface area contributed by atoms with Crippen molar-refractivity contribution in [2.24, 2.45) is 0 Å². The Hall–Kier alpha value is -5.28. The molecule has 9 rings (SSSR count). The van der Waals surface area contributed by atoms with Gasteiger partial charge in [0, 0.05) is 27.7 Å². The third-order valence-electron chi connectivity index (χ3n) is 14.4. The van der Waals surface area contributed by atoms with Gasteiger partial charge in [-0.1, -0.05) is 131 Å². The van der Waals surface area contributed by atoms with Gasteiger partial charge in [-0.15, -0.1) is 0 Å². The van der Waals surface area contributed by atoms with Crippen LogP contribution in [0, 0.1) is 0 Å². The Bertz CT molecular complexity index is 2370. The lowest BCUT2D eigenvalue weighted by atomic mass is 9.68. The molecular weight excluding hydrogens is 765 g/mol. The highest BCUT2D eigenvalue weighted by atomic mass is 16.3. The maximum Gasteiger partial charge on any atom is 0.228 e. The predicted octanol–water partition coefficient (Wildman–Crippen LogP) is 9.90. The minimum Gasteiger partial charge on any atom is -0.461 e. The van der Waals surface area contributed by atoms with Crippen LogP contribution in [-0.4, -0.2) is 55.3 Å². The van der Waals surface area contributed by atoms with E-state index < -0.39 is 22.2 Å². The average Bonchev–Trinajstić information content (AvgIpc) is 3.92. The summed E-state index contributed by atoms with van der Waals surface area (Å²) in [5, 5.41) is 34.3. The van der Waals surface area contributed by atoms with Crippen LogP contribution in [0.25, 0.3) is 11.1 Å². The molecule has 0 bridgehead atoms. The molecule has 1 heterocycles. The first-order valence-corrected chi connectivity index (χ1v) is 22.3. The largest absolute Gasteiger partial charge is 0.461 e. The monoisotopic (exact) mass is 818 g/mol. The number of carbonyl (C=O) groups excluding carboxylic acids is 4. The minimum absolute atomic E-state index is 0.217. The Morgan fingerprint density at radius 1 is 0.459 bits per heavy atom. The van der Waals surface area contributed by atoms with Crippen molar-refractivity contribution in [3.05, 3.63) is 154 Å². The number of Topliss-reactive ketones (excluding diaryl/α,β-unsaturated/α-hetero) is 3. The molecule has 3 N–H and O–H groups in total. The standard InChI is InChI=1S/C53H54O8/c54-46(45-11-10-30-61-45)39-20-22-41-42-23-21-40(49(57)53(60)28-8-3-9-29-53)32-44(42)50(43(41)31-39,33-35-12-16-37(17-13-35)47(55)51(58)24-4-1-5-25-51)34-36-14-18-38(19-15-36)48(56)52(59)26-6-2-7-27-52/h10-23,30-32,58-60H,1-9,24-29,33-34H2. The minimum atomic E-state index is -1.45. The molecule has 3 fully saturated rings. The molecule has 0 radical (unpaired) electrons. The second kappa shape index (κ2) is 16.2. The molecule has 1 aromatic heterocycles. The molecule has 4 aliphatic rings. The van der Waals surface area contributed by atoms with E-state index in [1.54, 1.807) is 42.5 Å². The van der Waals surface area contributed by atoms with E-state index in [1.165, 1.54) is 6.26 Å². The van der Waals surface area contributed by atoms with E-state index >= 15 is 0 Å². The first-order valence-electron chi connectivity index (χ1n) is 22.3. The van der Waals surface area contributed by atoms with Crippen LogP contribution in [0.5, 0.6) is 0 Å². The zero-order chi connectivity index (χ0) is 42.4. The fourth-order valence-electron chi connectivity index (χ4n) is 10.9. The van der Waals surface area contributed by atoms with Gasteiger partial charge in [-0.2, -0.15) is 0 Å². The van der Waals surface area contributed by atoms with Gasteiger partial charge in [-0.05, 0) is 109 Å². The first kappa shape index (κ1) is 41.1. The summed E-state index contributed by atoms with van der Waals surface area (Å²) in [6.45, 7) is 0. The Balaban J connectivity index is 1.17. The molecular formula is C53H54O8. The van der Waals surface area contributed by atoms with E-state index in [1.807, 2.05) is 54.6 Å². The zero-order valence-corrected chi connectivity index (χ0v) is 34.7. The molecule has 3 saturated carbocycles. The highest BCUT2D eigenvalue weighted by Gasteiger charge is 2.46. The van der Waals surface area contributed by atoms with Crippen molar-refractivity contribution >= 4 is 23.1 Å². The zero-order valence-electron chi connectivity index (χ0n) is 34.7. The number of hydrogen-bond acceptors (Lipinski definition) is 8. The van der Waals surface area contributed by atoms with Gasteiger partial charge in [0.2, 0.25) is 5.78 Å². The van der Waals surface area contributed by atoms with Crippen molar-refractivity contribution in [3.63, 3.8) is 0 Å². The molecule has 0 spiro atoms. The predicted molar refractivity (Wildman–Crippen MR) is 232 cm³/mol. The van der Waals surface area contributed by atoms with Crippen LogP contribution in [0.4, 0.5) is 0 Å². The van der Waals surface area contributed by atoms with Gasteiger partial charge >= 0.3 is 0 Å². The number of aliphatic hydroxyl groups is 3. The smallest absolute Gasteiger partial charge is 0.228 e. The number of furan rings is 1. The number of carbonyl (C=O) groups is 4. The third-order valence-corrected chi connectivity index (χ3v) is 14.4. The number of fused-ring (bicyclic) bond motifs is 3. The van der Waals surface area contributed by atoms with Crippen molar-refractivity contribution in [3.8, 4) is 11.1 Å². The molecule has 4 aromatic carbocycles. The topological polar surface area (TPSA) is 142 Å². The number of benzene rings is 4. The summed E-state index contributed by atoms with van der Waals surface area (Å²) >= 11 is 0. The van der Waals surface area contributed by atoms with E-state index in [0.29, 0.717) is 73.6 Å². The average molecular weight is 819 g/mol. The van der Waals surface area contributed by atoms with Crippen LogP contribution >= 0.6 is 0 Å². The summed E-state index contributed by atoms with van der Waals surface area (Å²) < 4.78 is 5.54.